The molecule has 0 bridgehead atoms. The summed E-state index contributed by atoms with van der Waals surface area (Å²) in [5.41, 5.74) is 0.415. The minimum absolute atomic E-state index is 0.00116. The summed E-state index contributed by atoms with van der Waals surface area (Å²) in [5.74, 6) is -0.766. The fraction of sp³-hybridized carbons (Fsp3) is 0.304. The van der Waals surface area contributed by atoms with Crippen molar-refractivity contribution in [1.82, 2.24) is 4.90 Å². The van der Waals surface area contributed by atoms with Gasteiger partial charge in [-0.1, -0.05) is 24.3 Å². The molecule has 1 unspecified atom stereocenters. The summed E-state index contributed by atoms with van der Waals surface area (Å²) in [5, 5.41) is 0.336. The van der Waals surface area contributed by atoms with Gasteiger partial charge in [0.2, 0.25) is 0 Å². The molecule has 0 N–H and O–H groups in total. The minimum Gasteiger partial charge on any atom is -0.489 e. The lowest BCUT2D eigenvalue weighted by atomic mass is 10.1. The molecule has 6 nitrogen and oxygen atoms in total. The van der Waals surface area contributed by atoms with Crippen LogP contribution in [0.4, 0.5) is 4.39 Å². The predicted molar refractivity (Wildman–Crippen MR) is 115 cm³/mol. The fourth-order valence-corrected chi connectivity index (χ4v) is 4.55. The first-order valence-electron chi connectivity index (χ1n) is 10.00. The molecule has 1 saturated heterocycles. The average Bonchev–Trinajstić information content (AvgIpc) is 3.18. The highest BCUT2D eigenvalue weighted by atomic mass is 32.1. The van der Waals surface area contributed by atoms with E-state index in [0.717, 1.165) is 11.3 Å². The number of hydrogen-bond donors (Lipinski definition) is 0. The second-order valence-electron chi connectivity index (χ2n) is 7.11. The number of carbonyl (C=O) groups is 2. The number of benzene rings is 2. The van der Waals surface area contributed by atoms with Crippen molar-refractivity contribution in [2.45, 2.75) is 19.6 Å². The highest BCUT2D eigenvalue weighted by Crippen LogP contribution is 2.35. The SMILES string of the molecule is CC(OC(=O)c1sc2cccc(F)c2c1COc1ccccc1)C(=O)N1CCOCC1. The van der Waals surface area contributed by atoms with Gasteiger partial charge >= 0.3 is 5.97 Å². The van der Waals surface area contributed by atoms with E-state index in [1.54, 1.807) is 36.1 Å². The first kappa shape index (κ1) is 21.3. The third-order valence-electron chi connectivity index (χ3n) is 5.03. The van der Waals surface area contributed by atoms with E-state index in [4.69, 9.17) is 14.2 Å². The third-order valence-corrected chi connectivity index (χ3v) is 6.21. The fourth-order valence-electron chi connectivity index (χ4n) is 3.45. The summed E-state index contributed by atoms with van der Waals surface area (Å²) in [6, 6.07) is 13.8. The van der Waals surface area contributed by atoms with Gasteiger partial charge in [0.1, 0.15) is 23.1 Å². The standard InChI is InChI=1S/C23H22FNO5S/c1-15(22(26)25-10-12-28-13-11-25)30-23(27)21-17(14-29-16-6-3-2-4-7-16)20-18(24)8-5-9-19(20)31-21/h2-9,15H,10-14H2,1H3. The molecule has 1 fully saturated rings. The molecule has 0 aliphatic carbocycles. The van der Waals surface area contributed by atoms with E-state index in [9.17, 15) is 14.0 Å². The molecule has 8 heteroatoms. The molecule has 162 valence electrons. The van der Waals surface area contributed by atoms with Crippen LogP contribution in [0.25, 0.3) is 10.1 Å². The van der Waals surface area contributed by atoms with Gasteiger partial charge in [-0.2, -0.15) is 0 Å². The first-order valence-corrected chi connectivity index (χ1v) is 10.8. The topological polar surface area (TPSA) is 65.1 Å². The maximum atomic E-state index is 14.6. The zero-order valence-corrected chi connectivity index (χ0v) is 17.8. The zero-order chi connectivity index (χ0) is 21.8. The molecular weight excluding hydrogens is 421 g/mol. The predicted octanol–water partition coefficient (Wildman–Crippen LogP) is 4.02. The largest absolute Gasteiger partial charge is 0.489 e. The molecule has 1 atom stereocenters. The number of morpholine rings is 1. The normalized spacial score (nSPS) is 15.0. The van der Waals surface area contributed by atoms with Crippen LogP contribution in [-0.2, 0) is 20.9 Å². The quantitative estimate of drug-likeness (QED) is 0.539. The van der Waals surface area contributed by atoms with Gasteiger partial charge in [0, 0.05) is 28.7 Å². The van der Waals surface area contributed by atoms with Crippen LogP contribution in [0.1, 0.15) is 22.2 Å². The molecular formula is C23H22FNO5S. The van der Waals surface area contributed by atoms with Crippen molar-refractivity contribution < 1.29 is 28.2 Å². The molecule has 4 rings (SSSR count). The Morgan fingerprint density at radius 3 is 2.61 bits per heavy atom. The van der Waals surface area contributed by atoms with Crippen LogP contribution in [-0.4, -0.2) is 49.2 Å². The van der Waals surface area contributed by atoms with Crippen LogP contribution in [0.15, 0.2) is 48.5 Å². The highest BCUT2D eigenvalue weighted by molar-refractivity contribution is 7.21. The number of fused-ring (bicyclic) bond motifs is 1. The highest BCUT2D eigenvalue weighted by Gasteiger charge is 2.28. The van der Waals surface area contributed by atoms with E-state index < -0.39 is 17.9 Å². The van der Waals surface area contributed by atoms with E-state index in [1.165, 1.54) is 6.07 Å². The Morgan fingerprint density at radius 1 is 1.13 bits per heavy atom. The van der Waals surface area contributed by atoms with Crippen molar-refractivity contribution in [2.75, 3.05) is 26.3 Å². The first-order chi connectivity index (χ1) is 15.0. The average molecular weight is 443 g/mol. The van der Waals surface area contributed by atoms with Gasteiger partial charge in [0.15, 0.2) is 6.10 Å². The van der Waals surface area contributed by atoms with Gasteiger partial charge in [-0.3, -0.25) is 4.79 Å². The number of para-hydroxylation sites is 1. The Balaban J connectivity index is 1.57. The van der Waals surface area contributed by atoms with Gasteiger partial charge in [-0.25, -0.2) is 9.18 Å². The third kappa shape index (κ3) is 4.70. The number of nitrogens with zero attached hydrogens (tertiary/aromatic N) is 1. The molecule has 0 spiro atoms. The summed E-state index contributed by atoms with van der Waals surface area (Å²) in [6.45, 7) is 3.40. The molecule has 3 aromatic rings. The Kier molecular flexibility index (Phi) is 6.48. The Bertz CT molecular complexity index is 1080. The van der Waals surface area contributed by atoms with Crippen LogP contribution < -0.4 is 4.74 Å². The molecule has 0 radical (unpaired) electrons. The number of esters is 1. The Labute approximate surface area is 183 Å². The van der Waals surface area contributed by atoms with Gasteiger partial charge in [0.25, 0.3) is 5.91 Å². The van der Waals surface area contributed by atoms with Crippen molar-refractivity contribution in [3.05, 3.63) is 64.8 Å². The molecule has 31 heavy (non-hydrogen) atoms. The van der Waals surface area contributed by atoms with Crippen molar-refractivity contribution in [3.63, 3.8) is 0 Å². The molecule has 1 aliphatic heterocycles. The van der Waals surface area contributed by atoms with Gasteiger partial charge < -0.3 is 19.1 Å². The number of ether oxygens (including phenoxy) is 3. The van der Waals surface area contributed by atoms with Crippen LogP contribution >= 0.6 is 11.3 Å². The second kappa shape index (κ2) is 9.45. The minimum atomic E-state index is -0.955. The van der Waals surface area contributed by atoms with E-state index in [0.29, 0.717) is 47.7 Å². The van der Waals surface area contributed by atoms with Crippen LogP contribution in [0, 0.1) is 5.82 Å². The van der Waals surface area contributed by atoms with E-state index >= 15 is 0 Å². The second-order valence-corrected chi connectivity index (χ2v) is 8.16. The summed E-state index contributed by atoms with van der Waals surface area (Å²) in [7, 11) is 0. The van der Waals surface area contributed by atoms with Crippen molar-refractivity contribution >= 4 is 33.3 Å². The maximum absolute atomic E-state index is 14.6. The van der Waals surface area contributed by atoms with Crippen molar-refractivity contribution in [2.24, 2.45) is 0 Å². The summed E-state index contributed by atoms with van der Waals surface area (Å²) < 4.78 is 31.8. The summed E-state index contributed by atoms with van der Waals surface area (Å²) in [4.78, 5) is 27.4. The molecule has 1 aromatic heterocycles. The van der Waals surface area contributed by atoms with Gasteiger partial charge in [0.05, 0.1) is 13.2 Å². The Morgan fingerprint density at radius 2 is 1.87 bits per heavy atom. The number of thiophene rings is 1. The lowest BCUT2D eigenvalue weighted by Gasteiger charge is -2.28. The summed E-state index contributed by atoms with van der Waals surface area (Å²) in [6.07, 6.45) is -0.955. The molecule has 2 aromatic carbocycles. The van der Waals surface area contributed by atoms with Crippen LogP contribution in [0.2, 0.25) is 0 Å². The monoisotopic (exact) mass is 443 g/mol. The number of rotatable bonds is 6. The van der Waals surface area contributed by atoms with Crippen LogP contribution in [0.5, 0.6) is 5.75 Å². The van der Waals surface area contributed by atoms with Crippen molar-refractivity contribution in [3.8, 4) is 5.75 Å². The smallest absolute Gasteiger partial charge is 0.349 e. The van der Waals surface area contributed by atoms with E-state index in [2.05, 4.69) is 0 Å². The lowest BCUT2D eigenvalue weighted by Crippen LogP contribution is -2.46. The molecule has 0 saturated carbocycles. The lowest BCUT2D eigenvalue weighted by molar-refractivity contribution is -0.143. The zero-order valence-electron chi connectivity index (χ0n) is 17.0. The number of halogens is 1. The van der Waals surface area contributed by atoms with E-state index in [-0.39, 0.29) is 17.4 Å². The van der Waals surface area contributed by atoms with Gasteiger partial charge in [-0.05, 0) is 31.2 Å². The number of amides is 1. The van der Waals surface area contributed by atoms with Crippen LogP contribution in [0.3, 0.4) is 0 Å². The molecule has 2 heterocycles. The molecule has 1 amide bonds. The number of hydrogen-bond acceptors (Lipinski definition) is 6. The van der Waals surface area contributed by atoms with Gasteiger partial charge in [-0.15, -0.1) is 11.3 Å². The summed E-state index contributed by atoms with van der Waals surface area (Å²) >= 11 is 1.13. The maximum Gasteiger partial charge on any atom is 0.349 e. The molecule has 1 aliphatic rings. The van der Waals surface area contributed by atoms with E-state index in [1.807, 2.05) is 18.2 Å². The number of carbonyl (C=O) groups excluding carboxylic acids is 2. The Hall–Kier alpha value is -2.97. The van der Waals surface area contributed by atoms with Crippen molar-refractivity contribution in [1.29, 1.82) is 0 Å².